The summed E-state index contributed by atoms with van der Waals surface area (Å²) in [4.78, 5) is 12.3. The molecule has 1 amide bonds. The fourth-order valence-electron chi connectivity index (χ4n) is 2.74. The van der Waals surface area contributed by atoms with Crippen molar-refractivity contribution < 1.29 is 18.4 Å². The molecule has 3 rings (SSSR count). The van der Waals surface area contributed by atoms with Gasteiger partial charge in [0.05, 0.1) is 4.90 Å². The zero-order valence-corrected chi connectivity index (χ0v) is 15.3. The number of hydrogen-bond acceptors (Lipinski definition) is 5. The van der Waals surface area contributed by atoms with Crippen LogP contribution in [-0.4, -0.2) is 48.1 Å². The third-order valence-corrected chi connectivity index (χ3v) is 6.25. The van der Waals surface area contributed by atoms with Crippen molar-refractivity contribution in [1.29, 1.82) is 0 Å². The summed E-state index contributed by atoms with van der Waals surface area (Å²) in [5.74, 6) is -0.607. The molecule has 2 aromatic carbocycles. The first-order valence-corrected chi connectivity index (χ1v) is 9.80. The smallest absolute Gasteiger partial charge is 0.270 e. The van der Waals surface area contributed by atoms with E-state index in [0.29, 0.717) is 22.2 Å². The monoisotopic (exact) mass is 395 g/mol. The summed E-state index contributed by atoms with van der Waals surface area (Å²) in [7, 11) is -3.65. The number of hydrogen-bond donors (Lipinski definition) is 2. The van der Waals surface area contributed by atoms with Gasteiger partial charge in [-0.1, -0.05) is 29.8 Å². The molecule has 0 saturated carbocycles. The largest absolute Gasteiger partial charge is 0.292 e. The minimum atomic E-state index is -3.65. The summed E-state index contributed by atoms with van der Waals surface area (Å²) < 4.78 is 26.6. The van der Waals surface area contributed by atoms with Gasteiger partial charge in [0.1, 0.15) is 0 Å². The Morgan fingerprint density at radius 2 is 1.81 bits per heavy atom. The van der Waals surface area contributed by atoms with Gasteiger partial charge in [0, 0.05) is 29.7 Å². The van der Waals surface area contributed by atoms with E-state index in [9.17, 15) is 18.4 Å². The van der Waals surface area contributed by atoms with Gasteiger partial charge in [-0.25, -0.2) is 13.8 Å². The van der Waals surface area contributed by atoms with Crippen LogP contribution in [0, 0.1) is 0 Å². The molecule has 0 radical (unpaired) electrons. The highest BCUT2D eigenvalue weighted by Crippen LogP contribution is 2.22. The van der Waals surface area contributed by atoms with Crippen molar-refractivity contribution in [2.75, 3.05) is 13.1 Å². The van der Waals surface area contributed by atoms with Crippen molar-refractivity contribution in [2.24, 2.45) is 0 Å². The fourth-order valence-corrected chi connectivity index (χ4v) is 4.37. The van der Waals surface area contributed by atoms with Crippen LogP contribution in [0.1, 0.15) is 16.8 Å². The Bertz CT molecular complexity index is 875. The van der Waals surface area contributed by atoms with E-state index < -0.39 is 15.9 Å². The van der Waals surface area contributed by atoms with Crippen LogP contribution in [0.15, 0.2) is 59.5 Å². The topological polar surface area (TPSA) is 90.0 Å². The Balaban J connectivity index is 1.63. The summed E-state index contributed by atoms with van der Waals surface area (Å²) in [5, 5.41) is 10.8. The van der Waals surface area contributed by atoms with Crippen LogP contribution in [-0.2, 0) is 10.0 Å². The van der Waals surface area contributed by atoms with Gasteiger partial charge in [0.15, 0.2) is 0 Å². The van der Waals surface area contributed by atoms with Gasteiger partial charge in [-0.3, -0.25) is 10.0 Å². The molecule has 1 heterocycles. The standard InChI is InChI=1S/C17H18ClN3O4S/c18-14-6-8-16(9-7-14)26(24,25)20-11-10-15(12-20)19-21(23)17(22)13-4-2-1-3-5-13/h1-9,15,19,23H,10-12H2. The van der Waals surface area contributed by atoms with Crippen molar-refractivity contribution in [3.05, 3.63) is 65.2 Å². The van der Waals surface area contributed by atoms with E-state index in [1.165, 1.54) is 28.6 Å². The quantitative estimate of drug-likeness (QED) is 0.598. The first-order chi connectivity index (χ1) is 12.4. The van der Waals surface area contributed by atoms with Crippen LogP contribution < -0.4 is 5.43 Å². The molecule has 138 valence electrons. The second kappa shape index (κ2) is 7.73. The van der Waals surface area contributed by atoms with Gasteiger partial charge >= 0.3 is 0 Å². The van der Waals surface area contributed by atoms with E-state index in [2.05, 4.69) is 5.43 Å². The maximum absolute atomic E-state index is 12.6. The average molecular weight is 396 g/mol. The maximum atomic E-state index is 12.6. The molecular weight excluding hydrogens is 378 g/mol. The zero-order chi connectivity index (χ0) is 18.7. The Labute approximate surface area is 156 Å². The van der Waals surface area contributed by atoms with Gasteiger partial charge in [-0.15, -0.1) is 5.17 Å². The predicted octanol–water partition coefficient (Wildman–Crippen LogP) is 2.14. The summed E-state index contributed by atoms with van der Waals surface area (Å²) in [6.45, 7) is 0.431. The number of sulfonamides is 1. The Morgan fingerprint density at radius 1 is 1.15 bits per heavy atom. The Kier molecular flexibility index (Phi) is 5.59. The lowest BCUT2D eigenvalue weighted by molar-refractivity contribution is -0.105. The second-order valence-electron chi connectivity index (χ2n) is 5.91. The number of halogens is 1. The van der Waals surface area contributed by atoms with Crippen molar-refractivity contribution in [1.82, 2.24) is 14.9 Å². The molecule has 1 unspecified atom stereocenters. The number of hydrazine groups is 1. The van der Waals surface area contributed by atoms with Crippen LogP contribution in [0.2, 0.25) is 5.02 Å². The molecule has 1 aliphatic rings. The van der Waals surface area contributed by atoms with Crippen LogP contribution in [0.4, 0.5) is 0 Å². The fraction of sp³-hybridized carbons (Fsp3) is 0.235. The molecule has 2 aromatic rings. The van der Waals surface area contributed by atoms with Crippen molar-refractivity contribution >= 4 is 27.5 Å². The zero-order valence-electron chi connectivity index (χ0n) is 13.7. The molecule has 1 fully saturated rings. The number of amides is 1. The minimum Gasteiger partial charge on any atom is -0.270 e. The molecule has 0 aromatic heterocycles. The molecule has 1 saturated heterocycles. The lowest BCUT2D eigenvalue weighted by atomic mass is 10.2. The highest BCUT2D eigenvalue weighted by atomic mass is 35.5. The van der Waals surface area contributed by atoms with Gasteiger partial charge in [-0.2, -0.15) is 4.31 Å². The number of rotatable bonds is 5. The molecular formula is C17H18ClN3O4S. The number of carbonyl (C=O) groups excluding carboxylic acids is 1. The average Bonchev–Trinajstić information content (AvgIpc) is 3.11. The highest BCUT2D eigenvalue weighted by molar-refractivity contribution is 7.89. The summed E-state index contributed by atoms with van der Waals surface area (Å²) in [5.41, 5.74) is 2.98. The normalized spacial score (nSPS) is 18.0. The molecule has 0 bridgehead atoms. The number of hydroxylamine groups is 1. The molecule has 0 spiro atoms. The van der Waals surface area contributed by atoms with Crippen LogP contribution in [0.25, 0.3) is 0 Å². The van der Waals surface area contributed by atoms with Crippen LogP contribution in [0.3, 0.4) is 0 Å². The number of nitrogens with zero attached hydrogens (tertiary/aromatic N) is 2. The SMILES string of the molecule is O=C(c1ccccc1)N(O)NC1CCN(S(=O)(=O)c2ccc(Cl)cc2)C1. The third-order valence-electron chi connectivity index (χ3n) is 4.12. The van der Waals surface area contributed by atoms with E-state index in [0.717, 1.165) is 0 Å². The van der Waals surface area contributed by atoms with Crippen LogP contribution in [0.5, 0.6) is 0 Å². The van der Waals surface area contributed by atoms with Gasteiger partial charge < -0.3 is 0 Å². The molecule has 26 heavy (non-hydrogen) atoms. The number of carbonyl (C=O) groups is 1. The lowest BCUT2D eigenvalue weighted by Crippen LogP contribution is -2.47. The molecule has 1 aliphatic heterocycles. The van der Waals surface area contributed by atoms with E-state index in [4.69, 9.17) is 11.6 Å². The molecule has 1 atom stereocenters. The van der Waals surface area contributed by atoms with Gasteiger partial charge in [0.2, 0.25) is 10.0 Å². The number of nitrogens with one attached hydrogen (secondary N) is 1. The maximum Gasteiger partial charge on any atom is 0.292 e. The van der Waals surface area contributed by atoms with Gasteiger partial charge in [-0.05, 0) is 42.8 Å². The van der Waals surface area contributed by atoms with Gasteiger partial charge in [0.25, 0.3) is 5.91 Å². The summed E-state index contributed by atoms with van der Waals surface area (Å²) in [6.07, 6.45) is 0.464. The van der Waals surface area contributed by atoms with E-state index in [-0.39, 0.29) is 24.0 Å². The summed E-state index contributed by atoms with van der Waals surface area (Å²) in [6, 6.07) is 13.9. The van der Waals surface area contributed by atoms with E-state index in [1.807, 2.05) is 0 Å². The molecule has 9 heteroatoms. The van der Waals surface area contributed by atoms with Crippen molar-refractivity contribution in [3.63, 3.8) is 0 Å². The van der Waals surface area contributed by atoms with E-state index >= 15 is 0 Å². The third kappa shape index (κ3) is 4.05. The number of benzene rings is 2. The van der Waals surface area contributed by atoms with Crippen molar-refractivity contribution in [2.45, 2.75) is 17.4 Å². The molecule has 2 N–H and O–H groups in total. The summed E-state index contributed by atoms with van der Waals surface area (Å²) >= 11 is 5.80. The predicted molar refractivity (Wildman–Crippen MR) is 96.1 cm³/mol. The first-order valence-electron chi connectivity index (χ1n) is 7.98. The Hall–Kier alpha value is -1.97. The second-order valence-corrected chi connectivity index (χ2v) is 8.29. The first kappa shape index (κ1) is 18.8. The van der Waals surface area contributed by atoms with Crippen molar-refractivity contribution in [3.8, 4) is 0 Å². The Morgan fingerprint density at radius 3 is 2.46 bits per heavy atom. The minimum absolute atomic E-state index is 0.143. The molecule has 7 nitrogen and oxygen atoms in total. The van der Waals surface area contributed by atoms with E-state index in [1.54, 1.807) is 30.3 Å². The van der Waals surface area contributed by atoms with Crippen LogP contribution >= 0.6 is 11.6 Å². The lowest BCUT2D eigenvalue weighted by Gasteiger charge is -2.21. The molecule has 0 aliphatic carbocycles. The highest BCUT2D eigenvalue weighted by Gasteiger charge is 2.33.